The molecule has 1 saturated carbocycles. The zero-order valence-electron chi connectivity index (χ0n) is 11.0. The van der Waals surface area contributed by atoms with Crippen molar-refractivity contribution in [2.45, 2.75) is 24.8 Å². The predicted octanol–water partition coefficient (Wildman–Crippen LogP) is 0.819. The van der Waals surface area contributed by atoms with Gasteiger partial charge in [-0.1, -0.05) is 12.1 Å². The maximum Gasteiger partial charge on any atom is 0.210 e. The van der Waals surface area contributed by atoms with Gasteiger partial charge in [-0.25, -0.2) is 13.6 Å². The van der Waals surface area contributed by atoms with Crippen LogP contribution in [0.1, 0.15) is 24.3 Å². The lowest BCUT2D eigenvalue weighted by atomic mass is 9.76. The Balaban J connectivity index is 1.73. The number of nitrogens with one attached hydrogen (secondary N) is 1. The molecule has 0 aromatic heterocycles. The molecule has 0 heterocycles. The number of hydrogen-bond donors (Lipinski definition) is 2. The topological polar surface area (TPSA) is 81.4 Å². The van der Waals surface area contributed by atoms with E-state index in [0.29, 0.717) is 18.5 Å². The molecule has 3 N–H and O–H groups in total. The largest absolute Gasteiger partial charge is 0.497 e. The smallest absolute Gasteiger partial charge is 0.210 e. The zero-order chi connectivity index (χ0) is 13.9. The number of benzene rings is 1. The van der Waals surface area contributed by atoms with Gasteiger partial charge in [0.1, 0.15) is 5.75 Å². The molecule has 1 fully saturated rings. The normalized spacial score (nSPS) is 22.8. The van der Waals surface area contributed by atoms with Crippen LogP contribution in [-0.2, 0) is 10.0 Å². The molecule has 6 heteroatoms. The minimum absolute atomic E-state index is 0.00327. The molecule has 5 nitrogen and oxygen atoms in total. The highest BCUT2D eigenvalue weighted by Gasteiger charge is 2.29. The van der Waals surface area contributed by atoms with Crippen molar-refractivity contribution in [1.82, 2.24) is 5.32 Å². The van der Waals surface area contributed by atoms with Crippen molar-refractivity contribution in [1.29, 1.82) is 0 Å². The summed E-state index contributed by atoms with van der Waals surface area (Å²) in [5.74, 6) is 1.42. The fraction of sp³-hybridized carbons (Fsp3) is 0.538. The molecule has 19 heavy (non-hydrogen) atoms. The van der Waals surface area contributed by atoms with E-state index in [-0.39, 0.29) is 5.75 Å². The Labute approximate surface area is 114 Å². The van der Waals surface area contributed by atoms with E-state index in [1.807, 2.05) is 12.1 Å². The summed E-state index contributed by atoms with van der Waals surface area (Å²) in [7, 11) is -1.70. The third kappa shape index (κ3) is 4.19. The predicted molar refractivity (Wildman–Crippen MR) is 74.7 cm³/mol. The molecule has 2 rings (SSSR count). The van der Waals surface area contributed by atoms with Crippen LogP contribution in [0.5, 0.6) is 5.75 Å². The van der Waals surface area contributed by atoms with Crippen molar-refractivity contribution in [2.24, 2.45) is 5.14 Å². The second-order valence-electron chi connectivity index (χ2n) is 4.96. The molecular formula is C13H20N2O3S. The van der Waals surface area contributed by atoms with Crippen LogP contribution in [0, 0.1) is 0 Å². The first-order valence-corrected chi connectivity index (χ1v) is 8.07. The van der Waals surface area contributed by atoms with Crippen molar-refractivity contribution >= 4 is 10.0 Å². The quantitative estimate of drug-likeness (QED) is 0.810. The van der Waals surface area contributed by atoms with E-state index in [0.717, 1.165) is 18.6 Å². The summed E-state index contributed by atoms with van der Waals surface area (Å²) >= 11 is 0. The zero-order valence-corrected chi connectivity index (χ0v) is 11.8. The van der Waals surface area contributed by atoms with E-state index in [1.165, 1.54) is 5.56 Å². The van der Waals surface area contributed by atoms with Crippen LogP contribution in [0.4, 0.5) is 0 Å². The lowest BCUT2D eigenvalue weighted by Crippen LogP contribution is -2.42. The van der Waals surface area contributed by atoms with Crippen LogP contribution in [-0.4, -0.2) is 33.9 Å². The summed E-state index contributed by atoms with van der Waals surface area (Å²) in [6.07, 6.45) is 2.08. The Bertz CT molecular complexity index is 507. The molecule has 1 aliphatic rings. The standard InChI is InChI=1S/C13H20N2O3S/c1-18-13-4-2-10(3-5-13)11-8-12(9-11)15-6-7-19(14,16)17/h2-5,11-12,15H,6-9H2,1H3,(H2,14,16,17). The van der Waals surface area contributed by atoms with Crippen LogP contribution in [0.3, 0.4) is 0 Å². The first-order chi connectivity index (χ1) is 8.98. The average molecular weight is 284 g/mol. The number of ether oxygens (including phenoxy) is 1. The minimum Gasteiger partial charge on any atom is -0.497 e. The summed E-state index contributed by atoms with van der Waals surface area (Å²) in [6.45, 7) is 0.429. The second-order valence-corrected chi connectivity index (χ2v) is 6.69. The van der Waals surface area contributed by atoms with E-state index in [2.05, 4.69) is 17.4 Å². The van der Waals surface area contributed by atoms with Gasteiger partial charge in [-0.3, -0.25) is 0 Å². The van der Waals surface area contributed by atoms with Gasteiger partial charge in [-0.2, -0.15) is 0 Å². The third-order valence-electron chi connectivity index (χ3n) is 3.54. The summed E-state index contributed by atoms with van der Waals surface area (Å²) in [4.78, 5) is 0. The first-order valence-electron chi connectivity index (χ1n) is 6.36. The highest BCUT2D eigenvalue weighted by Crippen LogP contribution is 2.37. The average Bonchev–Trinajstić information content (AvgIpc) is 2.31. The monoisotopic (exact) mass is 284 g/mol. The molecule has 0 aliphatic heterocycles. The lowest BCUT2D eigenvalue weighted by molar-refractivity contribution is 0.296. The number of rotatable bonds is 6. The van der Waals surface area contributed by atoms with Gasteiger partial charge < -0.3 is 10.1 Å². The molecule has 106 valence electrons. The van der Waals surface area contributed by atoms with E-state index in [9.17, 15) is 8.42 Å². The van der Waals surface area contributed by atoms with E-state index < -0.39 is 10.0 Å². The Morgan fingerprint density at radius 1 is 1.32 bits per heavy atom. The molecule has 0 atom stereocenters. The summed E-state index contributed by atoms with van der Waals surface area (Å²) in [6, 6.07) is 8.51. The maximum atomic E-state index is 10.8. The van der Waals surface area contributed by atoms with Crippen LogP contribution in [0.2, 0.25) is 0 Å². The third-order valence-corrected chi connectivity index (χ3v) is 4.32. The van der Waals surface area contributed by atoms with Crippen LogP contribution in [0.25, 0.3) is 0 Å². The lowest BCUT2D eigenvalue weighted by Gasteiger charge is -2.36. The Kier molecular flexibility index (Phi) is 4.44. The second kappa shape index (κ2) is 5.90. The first kappa shape index (κ1) is 14.3. The molecular weight excluding hydrogens is 264 g/mol. The molecule has 0 spiro atoms. The Morgan fingerprint density at radius 3 is 2.47 bits per heavy atom. The summed E-state index contributed by atoms with van der Waals surface area (Å²) < 4.78 is 26.7. The van der Waals surface area contributed by atoms with Crippen LogP contribution < -0.4 is 15.2 Å². The van der Waals surface area contributed by atoms with E-state index in [4.69, 9.17) is 9.88 Å². The number of hydrogen-bond acceptors (Lipinski definition) is 4. The van der Waals surface area contributed by atoms with Gasteiger partial charge in [0.25, 0.3) is 0 Å². The maximum absolute atomic E-state index is 10.8. The highest BCUT2D eigenvalue weighted by atomic mass is 32.2. The summed E-state index contributed by atoms with van der Waals surface area (Å²) in [5, 5.41) is 8.16. The fourth-order valence-corrected chi connectivity index (χ4v) is 2.74. The van der Waals surface area contributed by atoms with Gasteiger partial charge in [-0.15, -0.1) is 0 Å². The molecule has 0 bridgehead atoms. The molecule has 0 radical (unpaired) electrons. The van der Waals surface area contributed by atoms with Crippen molar-refractivity contribution < 1.29 is 13.2 Å². The molecule has 0 unspecified atom stereocenters. The van der Waals surface area contributed by atoms with Crippen molar-refractivity contribution in [3.05, 3.63) is 29.8 Å². The molecule has 0 saturated heterocycles. The van der Waals surface area contributed by atoms with Gasteiger partial charge in [0.15, 0.2) is 0 Å². The molecule has 0 amide bonds. The van der Waals surface area contributed by atoms with Gasteiger partial charge >= 0.3 is 0 Å². The Morgan fingerprint density at radius 2 is 1.95 bits per heavy atom. The number of sulfonamides is 1. The molecule has 1 aromatic carbocycles. The van der Waals surface area contributed by atoms with Gasteiger partial charge in [0.05, 0.1) is 12.9 Å². The molecule has 1 aromatic rings. The van der Waals surface area contributed by atoms with Crippen molar-refractivity contribution in [2.75, 3.05) is 19.4 Å². The van der Waals surface area contributed by atoms with Gasteiger partial charge in [0.2, 0.25) is 10.0 Å². The molecule has 1 aliphatic carbocycles. The van der Waals surface area contributed by atoms with Gasteiger partial charge in [0, 0.05) is 12.6 Å². The van der Waals surface area contributed by atoms with Crippen molar-refractivity contribution in [3.63, 3.8) is 0 Å². The fourth-order valence-electron chi connectivity index (χ4n) is 2.34. The van der Waals surface area contributed by atoms with Crippen LogP contribution >= 0.6 is 0 Å². The van der Waals surface area contributed by atoms with Crippen molar-refractivity contribution in [3.8, 4) is 5.75 Å². The number of methoxy groups -OCH3 is 1. The minimum atomic E-state index is -3.35. The Hall–Kier alpha value is -1.11. The highest BCUT2D eigenvalue weighted by molar-refractivity contribution is 7.89. The van der Waals surface area contributed by atoms with Gasteiger partial charge in [-0.05, 0) is 36.5 Å². The van der Waals surface area contributed by atoms with E-state index in [1.54, 1.807) is 7.11 Å². The SMILES string of the molecule is COc1ccc(C2CC(NCCS(N)(=O)=O)C2)cc1. The van der Waals surface area contributed by atoms with E-state index >= 15 is 0 Å². The number of nitrogens with two attached hydrogens (primary N) is 1. The van der Waals surface area contributed by atoms with Crippen LogP contribution in [0.15, 0.2) is 24.3 Å². The summed E-state index contributed by atoms with van der Waals surface area (Å²) in [5.41, 5.74) is 1.31. The number of primary sulfonamides is 1.